The molecule has 140 valence electrons. The first-order valence-corrected chi connectivity index (χ1v) is 10.8. The van der Waals surface area contributed by atoms with Crippen LogP contribution in [0.2, 0.25) is 0 Å². The summed E-state index contributed by atoms with van der Waals surface area (Å²) >= 11 is 7.67. The van der Waals surface area contributed by atoms with E-state index in [1.54, 1.807) is 11.8 Å². The fourth-order valence-electron chi connectivity index (χ4n) is 4.04. The van der Waals surface area contributed by atoms with Crippen molar-refractivity contribution >= 4 is 35.1 Å². The summed E-state index contributed by atoms with van der Waals surface area (Å²) in [7, 11) is 0. The SMILES string of the molecule is C=CCSc1nc2oc3c(c2c(=S)n1C1CCCCC1)COC(C)(C)C3. The Labute approximate surface area is 164 Å². The Kier molecular flexibility index (Phi) is 5.01. The molecule has 0 unspecified atom stereocenters. The molecule has 4 nitrogen and oxygen atoms in total. The van der Waals surface area contributed by atoms with Crippen molar-refractivity contribution in [2.75, 3.05) is 5.75 Å². The number of nitrogens with zero attached hydrogens (tertiary/aromatic N) is 2. The van der Waals surface area contributed by atoms with Gasteiger partial charge in [-0.15, -0.1) is 6.58 Å². The standard InChI is InChI=1S/C20H26N2O2S2/c1-4-10-26-19-21-17-16(14-12-23-20(2,3)11-15(14)24-17)18(25)22(19)13-8-6-5-7-9-13/h4,13H,1,5-12H2,2-3H3. The average molecular weight is 391 g/mol. The van der Waals surface area contributed by atoms with Crippen molar-refractivity contribution in [2.24, 2.45) is 0 Å². The van der Waals surface area contributed by atoms with Crippen LogP contribution in [0, 0.1) is 4.64 Å². The fraction of sp³-hybridized carbons (Fsp3) is 0.600. The number of rotatable bonds is 4. The molecule has 0 N–H and O–H groups in total. The van der Waals surface area contributed by atoms with E-state index in [-0.39, 0.29) is 5.60 Å². The van der Waals surface area contributed by atoms with Crippen LogP contribution in [0.4, 0.5) is 0 Å². The molecule has 3 heterocycles. The second-order valence-electron chi connectivity index (χ2n) is 7.87. The Hall–Kier alpha value is -1.11. The minimum Gasteiger partial charge on any atom is -0.442 e. The summed E-state index contributed by atoms with van der Waals surface area (Å²) < 4.78 is 15.3. The van der Waals surface area contributed by atoms with Crippen LogP contribution >= 0.6 is 24.0 Å². The maximum Gasteiger partial charge on any atom is 0.232 e. The minimum absolute atomic E-state index is 0.206. The molecule has 0 spiro atoms. The molecule has 0 radical (unpaired) electrons. The zero-order chi connectivity index (χ0) is 18.3. The second kappa shape index (κ2) is 7.13. The van der Waals surface area contributed by atoms with Crippen LogP contribution < -0.4 is 0 Å². The number of hydrogen-bond donors (Lipinski definition) is 0. The van der Waals surface area contributed by atoms with Gasteiger partial charge in [-0.3, -0.25) is 0 Å². The zero-order valence-electron chi connectivity index (χ0n) is 15.5. The predicted molar refractivity (Wildman–Crippen MR) is 108 cm³/mol. The van der Waals surface area contributed by atoms with Crippen LogP contribution in [0.25, 0.3) is 11.1 Å². The van der Waals surface area contributed by atoms with Gasteiger partial charge in [0.05, 0.1) is 17.6 Å². The summed E-state index contributed by atoms with van der Waals surface area (Å²) in [4.78, 5) is 4.89. The van der Waals surface area contributed by atoms with E-state index in [9.17, 15) is 0 Å². The third-order valence-electron chi connectivity index (χ3n) is 5.37. The Morgan fingerprint density at radius 3 is 2.85 bits per heavy atom. The zero-order valence-corrected chi connectivity index (χ0v) is 17.2. The summed E-state index contributed by atoms with van der Waals surface area (Å²) in [6.45, 7) is 8.59. The molecule has 1 aliphatic carbocycles. The highest BCUT2D eigenvalue weighted by Crippen LogP contribution is 2.39. The maximum absolute atomic E-state index is 6.16. The van der Waals surface area contributed by atoms with Gasteiger partial charge in [0.15, 0.2) is 5.16 Å². The van der Waals surface area contributed by atoms with Gasteiger partial charge in [-0.05, 0) is 26.7 Å². The van der Waals surface area contributed by atoms with Crippen molar-refractivity contribution in [1.29, 1.82) is 0 Å². The second-order valence-corrected chi connectivity index (χ2v) is 9.24. The quantitative estimate of drug-likeness (QED) is 0.277. The van der Waals surface area contributed by atoms with Crippen LogP contribution in [-0.4, -0.2) is 20.9 Å². The topological polar surface area (TPSA) is 40.2 Å². The van der Waals surface area contributed by atoms with Gasteiger partial charge in [0.1, 0.15) is 10.4 Å². The monoisotopic (exact) mass is 390 g/mol. The molecule has 4 rings (SSSR count). The van der Waals surface area contributed by atoms with Crippen LogP contribution in [-0.2, 0) is 17.8 Å². The Morgan fingerprint density at radius 2 is 2.12 bits per heavy atom. The van der Waals surface area contributed by atoms with Crippen LogP contribution in [0.3, 0.4) is 0 Å². The summed E-state index contributed by atoms with van der Waals surface area (Å²) in [6.07, 6.45) is 8.85. The summed E-state index contributed by atoms with van der Waals surface area (Å²) in [5, 5.41) is 1.94. The first-order chi connectivity index (χ1) is 12.5. The van der Waals surface area contributed by atoms with E-state index in [0.717, 1.165) is 38.7 Å². The Bertz CT molecular complexity index is 891. The molecule has 1 saturated carbocycles. The highest BCUT2D eigenvalue weighted by Gasteiger charge is 2.32. The van der Waals surface area contributed by atoms with Crippen LogP contribution in [0.5, 0.6) is 0 Å². The predicted octanol–water partition coefficient (Wildman–Crippen LogP) is 5.99. The maximum atomic E-state index is 6.16. The van der Waals surface area contributed by atoms with E-state index in [2.05, 4.69) is 25.0 Å². The van der Waals surface area contributed by atoms with Crippen LogP contribution in [0.15, 0.2) is 22.2 Å². The van der Waals surface area contributed by atoms with E-state index in [1.165, 1.54) is 32.1 Å². The smallest absolute Gasteiger partial charge is 0.232 e. The van der Waals surface area contributed by atoms with Crippen molar-refractivity contribution in [3.63, 3.8) is 0 Å². The lowest BCUT2D eigenvalue weighted by atomic mass is 9.95. The van der Waals surface area contributed by atoms with Crippen LogP contribution in [0.1, 0.15) is 63.3 Å². The average Bonchev–Trinajstić information content (AvgIpc) is 2.97. The van der Waals surface area contributed by atoms with E-state index in [1.807, 2.05) is 6.08 Å². The highest BCUT2D eigenvalue weighted by atomic mass is 32.2. The van der Waals surface area contributed by atoms with Gasteiger partial charge in [0.2, 0.25) is 5.71 Å². The number of furan rings is 1. The largest absolute Gasteiger partial charge is 0.442 e. The highest BCUT2D eigenvalue weighted by molar-refractivity contribution is 7.99. The lowest BCUT2D eigenvalue weighted by molar-refractivity contribution is -0.0441. The molecule has 2 aromatic rings. The third-order valence-corrected chi connectivity index (χ3v) is 6.72. The molecule has 6 heteroatoms. The molecule has 0 saturated heterocycles. The third kappa shape index (κ3) is 3.27. The molecule has 26 heavy (non-hydrogen) atoms. The van der Waals surface area contributed by atoms with Crippen molar-refractivity contribution in [3.05, 3.63) is 28.6 Å². The normalized spacial score (nSPS) is 20.2. The van der Waals surface area contributed by atoms with Gasteiger partial charge in [0.25, 0.3) is 0 Å². The van der Waals surface area contributed by atoms with Crippen molar-refractivity contribution < 1.29 is 9.15 Å². The Morgan fingerprint density at radius 1 is 1.35 bits per heavy atom. The van der Waals surface area contributed by atoms with E-state index >= 15 is 0 Å². The Balaban J connectivity index is 1.88. The molecular formula is C20H26N2O2S2. The molecule has 0 amide bonds. The number of ether oxygens (including phenoxy) is 1. The fourth-order valence-corrected chi connectivity index (χ4v) is 5.34. The molecule has 1 fully saturated rings. The minimum atomic E-state index is -0.206. The molecule has 1 aliphatic heterocycles. The number of hydrogen-bond acceptors (Lipinski definition) is 5. The lowest BCUT2D eigenvalue weighted by Gasteiger charge is -2.29. The number of aromatic nitrogens is 2. The van der Waals surface area contributed by atoms with Gasteiger partial charge < -0.3 is 13.7 Å². The summed E-state index contributed by atoms with van der Waals surface area (Å²) in [6, 6.07) is 0.437. The summed E-state index contributed by atoms with van der Waals surface area (Å²) in [5.41, 5.74) is 1.56. The number of thioether (sulfide) groups is 1. The van der Waals surface area contributed by atoms with Crippen molar-refractivity contribution in [2.45, 2.75) is 75.8 Å². The van der Waals surface area contributed by atoms with Gasteiger partial charge in [0, 0.05) is 23.8 Å². The molecule has 2 aliphatic rings. The first kappa shape index (κ1) is 18.3. The van der Waals surface area contributed by atoms with Gasteiger partial charge in [-0.2, -0.15) is 4.98 Å². The molecule has 0 atom stereocenters. The number of fused-ring (bicyclic) bond motifs is 3. The molecular weight excluding hydrogens is 364 g/mol. The summed E-state index contributed by atoms with van der Waals surface area (Å²) in [5.74, 6) is 1.80. The van der Waals surface area contributed by atoms with Crippen molar-refractivity contribution in [1.82, 2.24) is 9.55 Å². The molecule has 0 aromatic carbocycles. The van der Waals surface area contributed by atoms with E-state index in [4.69, 9.17) is 26.4 Å². The van der Waals surface area contributed by atoms with Gasteiger partial charge in [-0.1, -0.05) is 49.3 Å². The van der Waals surface area contributed by atoms with Gasteiger partial charge in [-0.25, -0.2) is 0 Å². The first-order valence-electron chi connectivity index (χ1n) is 9.44. The van der Waals surface area contributed by atoms with E-state index < -0.39 is 0 Å². The van der Waals surface area contributed by atoms with E-state index in [0.29, 0.717) is 18.4 Å². The lowest BCUT2D eigenvalue weighted by Crippen LogP contribution is -2.31. The molecule has 2 aromatic heterocycles. The molecule has 0 bridgehead atoms. The van der Waals surface area contributed by atoms with Gasteiger partial charge >= 0.3 is 0 Å². The van der Waals surface area contributed by atoms with Crippen molar-refractivity contribution in [3.8, 4) is 0 Å².